The third-order valence-corrected chi connectivity index (χ3v) is 7.01. The predicted molar refractivity (Wildman–Crippen MR) is 148 cm³/mol. The summed E-state index contributed by atoms with van der Waals surface area (Å²) in [6.45, 7) is 2.30. The molecular weight excluding hydrogens is 541 g/mol. The lowest BCUT2D eigenvalue weighted by Crippen LogP contribution is -2.26. The Hall–Kier alpha value is -3.71. The standard InChI is InChI=1S/C25H36N7O7P/c1-5-38-40(36,37)39-13-9-7-6-8-10-27-23(33)20-14-18(16-31(20)3)28-24(34)21-15-19(17-32(21)4)29-25(35)22-26-11-12-30(22)2/h11-12,14-17H,5-10,13H2,1-4H3,(H,27,33)(H,28,34)(H,29,35)(H,36,37). The van der Waals surface area contributed by atoms with Crippen molar-refractivity contribution in [2.75, 3.05) is 30.4 Å². The summed E-state index contributed by atoms with van der Waals surface area (Å²) in [5.41, 5.74) is 1.59. The molecule has 0 radical (unpaired) electrons. The van der Waals surface area contributed by atoms with Gasteiger partial charge in [-0.3, -0.25) is 23.4 Å². The van der Waals surface area contributed by atoms with Gasteiger partial charge in [-0.1, -0.05) is 12.8 Å². The number of phosphoric acid groups is 1. The molecule has 0 aliphatic rings. The number of unbranched alkanes of at least 4 members (excludes halogenated alkanes) is 3. The van der Waals surface area contributed by atoms with Crippen molar-refractivity contribution in [1.82, 2.24) is 24.0 Å². The van der Waals surface area contributed by atoms with E-state index in [4.69, 9.17) is 4.52 Å². The van der Waals surface area contributed by atoms with E-state index < -0.39 is 19.6 Å². The predicted octanol–water partition coefficient (Wildman–Crippen LogP) is 3.05. The van der Waals surface area contributed by atoms with Crippen LogP contribution in [0.4, 0.5) is 11.4 Å². The molecule has 14 nitrogen and oxygen atoms in total. The van der Waals surface area contributed by atoms with Crippen LogP contribution in [0.25, 0.3) is 0 Å². The summed E-state index contributed by atoms with van der Waals surface area (Å²) in [6, 6.07) is 3.14. The van der Waals surface area contributed by atoms with E-state index in [0.717, 1.165) is 19.3 Å². The van der Waals surface area contributed by atoms with Crippen LogP contribution in [0.5, 0.6) is 0 Å². The molecule has 0 saturated heterocycles. The van der Waals surface area contributed by atoms with Crippen LogP contribution in [-0.4, -0.2) is 61.1 Å². The number of aromatic nitrogens is 4. The first-order chi connectivity index (χ1) is 19.0. The number of imidazole rings is 1. The Morgan fingerprint density at radius 1 is 0.875 bits per heavy atom. The van der Waals surface area contributed by atoms with E-state index in [0.29, 0.717) is 35.7 Å². The zero-order chi connectivity index (χ0) is 29.3. The maximum Gasteiger partial charge on any atom is 0.472 e. The number of rotatable bonds is 15. The van der Waals surface area contributed by atoms with Crippen molar-refractivity contribution in [3.63, 3.8) is 0 Å². The number of hydrogen-bond donors (Lipinski definition) is 4. The van der Waals surface area contributed by atoms with Gasteiger partial charge in [0.05, 0.1) is 24.6 Å². The van der Waals surface area contributed by atoms with Crippen molar-refractivity contribution in [2.24, 2.45) is 21.1 Å². The van der Waals surface area contributed by atoms with Gasteiger partial charge in [0, 0.05) is 52.5 Å². The fourth-order valence-electron chi connectivity index (χ4n) is 3.94. The highest BCUT2D eigenvalue weighted by atomic mass is 31.2. The van der Waals surface area contributed by atoms with Crippen LogP contribution in [0.3, 0.4) is 0 Å². The van der Waals surface area contributed by atoms with Gasteiger partial charge in [0.1, 0.15) is 11.4 Å². The van der Waals surface area contributed by atoms with Gasteiger partial charge in [-0.15, -0.1) is 0 Å². The van der Waals surface area contributed by atoms with E-state index in [-0.39, 0.29) is 24.9 Å². The summed E-state index contributed by atoms with van der Waals surface area (Å²) in [5.74, 6) is -0.829. The van der Waals surface area contributed by atoms with Crippen LogP contribution in [0.2, 0.25) is 0 Å². The number of nitrogens with zero attached hydrogens (tertiary/aromatic N) is 4. The second kappa shape index (κ2) is 14.1. The van der Waals surface area contributed by atoms with Crippen LogP contribution >= 0.6 is 7.82 Å². The third kappa shape index (κ3) is 8.65. The lowest BCUT2D eigenvalue weighted by Gasteiger charge is -2.10. The Labute approximate surface area is 232 Å². The molecule has 0 aliphatic carbocycles. The Bertz CT molecular complexity index is 1380. The van der Waals surface area contributed by atoms with Gasteiger partial charge in [0.2, 0.25) is 0 Å². The molecule has 218 valence electrons. The quantitative estimate of drug-likeness (QED) is 0.158. The average Bonchev–Trinajstić information content (AvgIpc) is 3.58. The number of carbonyl (C=O) groups is 3. The number of hydrogen-bond acceptors (Lipinski definition) is 7. The van der Waals surface area contributed by atoms with E-state index in [2.05, 4.69) is 25.5 Å². The Balaban J connectivity index is 1.44. The van der Waals surface area contributed by atoms with Gasteiger partial charge >= 0.3 is 7.82 Å². The average molecular weight is 578 g/mol. The van der Waals surface area contributed by atoms with Crippen LogP contribution in [0.1, 0.15) is 64.2 Å². The first kappa shape index (κ1) is 30.8. The summed E-state index contributed by atoms with van der Waals surface area (Å²) < 4.78 is 25.7. The second-order valence-electron chi connectivity index (χ2n) is 9.11. The Morgan fingerprint density at radius 2 is 1.48 bits per heavy atom. The van der Waals surface area contributed by atoms with Gasteiger partial charge in [-0.05, 0) is 31.9 Å². The van der Waals surface area contributed by atoms with Gasteiger partial charge in [0.15, 0.2) is 5.82 Å². The molecule has 15 heteroatoms. The number of amides is 3. The van der Waals surface area contributed by atoms with Crippen LogP contribution in [0.15, 0.2) is 36.9 Å². The largest absolute Gasteiger partial charge is 0.472 e. The van der Waals surface area contributed by atoms with Crippen molar-refractivity contribution >= 4 is 36.9 Å². The minimum atomic E-state index is -3.95. The summed E-state index contributed by atoms with van der Waals surface area (Å²) >= 11 is 0. The first-order valence-corrected chi connectivity index (χ1v) is 14.3. The normalized spacial score (nSPS) is 12.6. The minimum Gasteiger partial charge on any atom is -0.351 e. The highest BCUT2D eigenvalue weighted by Crippen LogP contribution is 2.42. The van der Waals surface area contributed by atoms with Crippen LogP contribution in [-0.2, 0) is 34.8 Å². The van der Waals surface area contributed by atoms with Crippen molar-refractivity contribution in [3.05, 3.63) is 54.1 Å². The molecule has 3 amide bonds. The molecule has 0 bridgehead atoms. The molecule has 0 saturated carbocycles. The summed E-state index contributed by atoms with van der Waals surface area (Å²) in [7, 11) is 1.16. The number of carbonyl (C=O) groups excluding carboxylic acids is 3. The fourth-order valence-corrected chi connectivity index (χ4v) is 4.70. The molecule has 4 N–H and O–H groups in total. The molecule has 3 aromatic heterocycles. The van der Waals surface area contributed by atoms with Crippen molar-refractivity contribution in [2.45, 2.75) is 32.6 Å². The number of aryl methyl sites for hydroxylation is 3. The Kier molecular flexibility index (Phi) is 10.8. The highest BCUT2D eigenvalue weighted by molar-refractivity contribution is 7.47. The van der Waals surface area contributed by atoms with Crippen LogP contribution in [0, 0.1) is 0 Å². The summed E-state index contributed by atoms with van der Waals surface area (Å²) in [5, 5.41) is 8.37. The molecule has 0 fully saturated rings. The third-order valence-electron chi connectivity index (χ3n) is 5.92. The molecule has 3 rings (SSSR count). The fraction of sp³-hybridized carbons (Fsp3) is 0.440. The summed E-state index contributed by atoms with van der Waals surface area (Å²) in [4.78, 5) is 51.3. The molecular formula is C25H36N7O7P. The minimum absolute atomic E-state index is 0.102. The molecule has 0 aliphatic heterocycles. The molecule has 0 aromatic carbocycles. The van der Waals surface area contributed by atoms with Crippen LogP contribution < -0.4 is 16.0 Å². The topological polar surface area (TPSA) is 171 Å². The zero-order valence-electron chi connectivity index (χ0n) is 23.0. The van der Waals surface area contributed by atoms with Gasteiger partial charge in [-0.25, -0.2) is 9.55 Å². The van der Waals surface area contributed by atoms with Crippen molar-refractivity contribution in [3.8, 4) is 0 Å². The van der Waals surface area contributed by atoms with E-state index in [1.807, 2.05) is 0 Å². The molecule has 1 atom stereocenters. The molecule has 40 heavy (non-hydrogen) atoms. The monoisotopic (exact) mass is 577 g/mol. The molecule has 1 unspecified atom stereocenters. The SMILES string of the molecule is CCOP(=O)(O)OCCCCCCNC(=O)c1cc(NC(=O)c2cc(NC(=O)c3nccn3C)cn2C)cn1C. The lowest BCUT2D eigenvalue weighted by atomic mass is 10.2. The van der Waals surface area contributed by atoms with Gasteiger partial charge in [-0.2, -0.15) is 0 Å². The first-order valence-electron chi connectivity index (χ1n) is 12.8. The molecule has 0 spiro atoms. The molecule has 3 heterocycles. The van der Waals surface area contributed by atoms with Crippen molar-refractivity contribution < 1.29 is 32.9 Å². The molecule has 3 aromatic rings. The lowest BCUT2D eigenvalue weighted by molar-refractivity contribution is 0.0942. The van der Waals surface area contributed by atoms with E-state index in [9.17, 15) is 23.8 Å². The maximum absolute atomic E-state index is 12.9. The number of anilines is 2. The number of phosphoric ester groups is 1. The van der Waals surface area contributed by atoms with E-state index in [1.165, 1.54) is 6.20 Å². The summed E-state index contributed by atoms with van der Waals surface area (Å²) in [6.07, 6.45) is 9.37. The maximum atomic E-state index is 12.9. The Morgan fingerprint density at radius 3 is 2.08 bits per heavy atom. The van der Waals surface area contributed by atoms with Gasteiger partial charge < -0.3 is 34.5 Å². The second-order valence-corrected chi connectivity index (χ2v) is 10.6. The van der Waals surface area contributed by atoms with E-state index >= 15 is 0 Å². The smallest absolute Gasteiger partial charge is 0.351 e. The van der Waals surface area contributed by atoms with E-state index in [1.54, 1.807) is 72.5 Å². The zero-order valence-corrected chi connectivity index (χ0v) is 23.9. The highest BCUT2D eigenvalue weighted by Gasteiger charge is 2.20. The van der Waals surface area contributed by atoms with Crippen molar-refractivity contribution in [1.29, 1.82) is 0 Å². The van der Waals surface area contributed by atoms with Gasteiger partial charge in [0.25, 0.3) is 17.7 Å². The number of nitrogens with one attached hydrogen (secondary N) is 3.